The zero-order valence-electron chi connectivity index (χ0n) is 23.5. The van der Waals surface area contributed by atoms with Gasteiger partial charge in [-0.1, -0.05) is 49.2 Å². The van der Waals surface area contributed by atoms with Gasteiger partial charge in [0.15, 0.2) is 0 Å². The Hall–Kier alpha value is -2.75. The number of carbonyl (C=O) groups excluding carboxylic acids is 3. The Bertz CT molecular complexity index is 1130. The fraction of sp³-hybridized carbons (Fsp3) is 0.531. The van der Waals surface area contributed by atoms with Gasteiger partial charge in [-0.3, -0.25) is 14.4 Å². The van der Waals surface area contributed by atoms with Crippen LogP contribution in [0.15, 0.2) is 24.3 Å². The molecule has 3 rings (SSSR count). The van der Waals surface area contributed by atoms with Gasteiger partial charge >= 0.3 is 5.97 Å². The number of esters is 1. The molecule has 0 radical (unpaired) electrons. The summed E-state index contributed by atoms with van der Waals surface area (Å²) >= 11 is 0. The van der Waals surface area contributed by atoms with Crippen molar-refractivity contribution < 1.29 is 19.1 Å². The minimum Gasteiger partial charge on any atom is -0.469 e. The number of ketones is 2. The molecular formula is C32H42O4. The predicted octanol–water partition coefficient (Wildman–Crippen LogP) is 6.79. The second-order valence-corrected chi connectivity index (χ2v) is 11.1. The summed E-state index contributed by atoms with van der Waals surface area (Å²) in [5.41, 5.74) is 8.85. The molecule has 1 fully saturated rings. The molecule has 0 saturated heterocycles. The van der Waals surface area contributed by atoms with E-state index in [2.05, 4.69) is 52.0 Å². The molecule has 194 valence electrons. The van der Waals surface area contributed by atoms with E-state index in [4.69, 9.17) is 4.74 Å². The van der Waals surface area contributed by atoms with Crippen LogP contribution in [-0.2, 0) is 19.1 Å². The van der Waals surface area contributed by atoms with Gasteiger partial charge in [0, 0.05) is 23.7 Å². The number of hydrogen-bond donors (Lipinski definition) is 0. The highest BCUT2D eigenvalue weighted by atomic mass is 16.5. The lowest BCUT2D eigenvalue weighted by Crippen LogP contribution is -2.41. The number of aryl methyl sites for hydroxylation is 6. The molecule has 36 heavy (non-hydrogen) atoms. The van der Waals surface area contributed by atoms with Crippen LogP contribution in [-0.4, -0.2) is 24.6 Å². The number of ether oxygens (including phenoxy) is 1. The molecule has 4 nitrogen and oxygen atoms in total. The quantitative estimate of drug-likeness (QED) is 0.401. The Labute approximate surface area is 216 Å². The molecule has 5 atom stereocenters. The minimum absolute atomic E-state index is 0.0570. The molecule has 4 heteroatoms. The summed E-state index contributed by atoms with van der Waals surface area (Å²) in [7, 11) is 1.39. The van der Waals surface area contributed by atoms with E-state index in [0.717, 1.165) is 33.4 Å². The number of carbonyl (C=O) groups is 3. The van der Waals surface area contributed by atoms with E-state index in [-0.39, 0.29) is 35.3 Å². The Kier molecular flexibility index (Phi) is 8.59. The maximum absolute atomic E-state index is 14.1. The molecule has 0 bridgehead atoms. The van der Waals surface area contributed by atoms with Gasteiger partial charge in [-0.2, -0.15) is 0 Å². The monoisotopic (exact) mass is 490 g/mol. The van der Waals surface area contributed by atoms with Crippen molar-refractivity contribution in [3.05, 3.63) is 68.8 Å². The van der Waals surface area contributed by atoms with E-state index in [0.29, 0.717) is 19.3 Å². The molecule has 0 amide bonds. The van der Waals surface area contributed by atoms with Gasteiger partial charge in [0.1, 0.15) is 11.6 Å². The Morgan fingerprint density at radius 2 is 1.08 bits per heavy atom. The van der Waals surface area contributed by atoms with Crippen molar-refractivity contribution in [1.29, 1.82) is 0 Å². The SMILES string of the molecule is COC(=O)C1CCC(C(=O)C(C)c2c(C)cc(C)cc2C)C(C(=O)C(C)c2c(C)cc(C)cc2C)C1. The molecule has 2 aromatic carbocycles. The van der Waals surface area contributed by atoms with Gasteiger partial charge in [0.2, 0.25) is 0 Å². The Morgan fingerprint density at radius 3 is 1.47 bits per heavy atom. The number of benzene rings is 2. The molecule has 0 N–H and O–H groups in total. The zero-order valence-corrected chi connectivity index (χ0v) is 23.5. The summed E-state index contributed by atoms with van der Waals surface area (Å²) in [5.74, 6) is -2.02. The standard InChI is InChI=1S/C32H42O4/c1-17-12-19(3)28(20(4)13-17)23(7)30(33)26-11-10-25(32(35)36-9)16-27(26)31(34)24(8)29-21(5)14-18(2)15-22(29)6/h12-15,23-27H,10-11,16H2,1-9H3. The van der Waals surface area contributed by atoms with E-state index < -0.39 is 11.8 Å². The summed E-state index contributed by atoms with van der Waals surface area (Å²) in [5, 5.41) is 0. The minimum atomic E-state index is -0.501. The normalized spacial score (nSPS) is 21.5. The summed E-state index contributed by atoms with van der Waals surface area (Å²) < 4.78 is 5.03. The summed E-state index contributed by atoms with van der Waals surface area (Å²) in [6.07, 6.45) is 1.47. The number of Topliss-reactive ketones (excluding diaryl/α,β-unsaturated/α-hetero) is 2. The molecule has 1 aliphatic carbocycles. The molecular weight excluding hydrogens is 448 g/mol. The Morgan fingerprint density at radius 1 is 0.694 bits per heavy atom. The van der Waals surface area contributed by atoms with Crippen LogP contribution in [0.3, 0.4) is 0 Å². The third kappa shape index (κ3) is 5.48. The molecule has 0 heterocycles. The second kappa shape index (κ2) is 11.1. The van der Waals surface area contributed by atoms with E-state index >= 15 is 0 Å². The fourth-order valence-corrected chi connectivity index (χ4v) is 6.88. The number of hydrogen-bond acceptors (Lipinski definition) is 4. The molecule has 5 unspecified atom stereocenters. The molecule has 2 aromatic rings. The molecule has 1 aliphatic rings. The van der Waals surface area contributed by atoms with Crippen LogP contribution in [0.25, 0.3) is 0 Å². The number of methoxy groups -OCH3 is 1. The van der Waals surface area contributed by atoms with Crippen LogP contribution in [0.2, 0.25) is 0 Å². The van der Waals surface area contributed by atoms with Crippen molar-refractivity contribution in [2.24, 2.45) is 17.8 Å². The average Bonchev–Trinajstić information content (AvgIpc) is 2.80. The van der Waals surface area contributed by atoms with E-state index in [1.54, 1.807) is 0 Å². The van der Waals surface area contributed by atoms with Crippen LogP contribution in [0.1, 0.15) is 89.5 Å². The summed E-state index contributed by atoms with van der Waals surface area (Å²) in [6.45, 7) is 16.3. The van der Waals surface area contributed by atoms with Crippen LogP contribution >= 0.6 is 0 Å². The first-order valence-electron chi connectivity index (χ1n) is 13.2. The summed E-state index contributed by atoms with van der Waals surface area (Å²) in [4.78, 5) is 40.6. The lowest BCUT2D eigenvalue weighted by molar-refractivity contribution is -0.150. The van der Waals surface area contributed by atoms with E-state index in [9.17, 15) is 14.4 Å². The van der Waals surface area contributed by atoms with Crippen molar-refractivity contribution >= 4 is 17.5 Å². The topological polar surface area (TPSA) is 60.4 Å². The third-order valence-corrected chi connectivity index (χ3v) is 8.31. The maximum Gasteiger partial charge on any atom is 0.308 e. The first kappa shape index (κ1) is 27.8. The van der Waals surface area contributed by atoms with Gasteiger partial charge in [-0.15, -0.1) is 0 Å². The van der Waals surface area contributed by atoms with Crippen LogP contribution in [0, 0.1) is 59.3 Å². The maximum atomic E-state index is 14.1. The van der Waals surface area contributed by atoms with Gasteiger partial charge in [-0.25, -0.2) is 0 Å². The van der Waals surface area contributed by atoms with Crippen molar-refractivity contribution in [2.45, 2.75) is 86.5 Å². The Balaban J connectivity index is 1.99. The third-order valence-electron chi connectivity index (χ3n) is 8.31. The average molecular weight is 491 g/mol. The van der Waals surface area contributed by atoms with Gasteiger partial charge in [-0.05, 0) is 94.2 Å². The van der Waals surface area contributed by atoms with Gasteiger partial charge < -0.3 is 4.74 Å². The number of rotatable bonds is 7. The first-order valence-corrected chi connectivity index (χ1v) is 13.2. The first-order chi connectivity index (χ1) is 16.9. The molecule has 0 spiro atoms. The predicted molar refractivity (Wildman–Crippen MR) is 144 cm³/mol. The highest BCUT2D eigenvalue weighted by Crippen LogP contribution is 2.42. The molecule has 0 aromatic heterocycles. The van der Waals surface area contributed by atoms with Crippen molar-refractivity contribution in [3.8, 4) is 0 Å². The second-order valence-electron chi connectivity index (χ2n) is 11.1. The van der Waals surface area contributed by atoms with E-state index in [1.807, 2.05) is 27.7 Å². The zero-order chi connectivity index (χ0) is 26.9. The van der Waals surface area contributed by atoms with Crippen LogP contribution in [0.4, 0.5) is 0 Å². The van der Waals surface area contributed by atoms with Gasteiger partial charge in [0.05, 0.1) is 13.0 Å². The lowest BCUT2D eigenvalue weighted by Gasteiger charge is -2.36. The van der Waals surface area contributed by atoms with Crippen molar-refractivity contribution in [3.63, 3.8) is 0 Å². The highest BCUT2D eigenvalue weighted by Gasteiger charge is 2.44. The van der Waals surface area contributed by atoms with E-state index in [1.165, 1.54) is 18.2 Å². The molecule has 0 aliphatic heterocycles. The van der Waals surface area contributed by atoms with Crippen LogP contribution < -0.4 is 0 Å². The van der Waals surface area contributed by atoms with Crippen LogP contribution in [0.5, 0.6) is 0 Å². The van der Waals surface area contributed by atoms with Crippen molar-refractivity contribution in [1.82, 2.24) is 0 Å². The van der Waals surface area contributed by atoms with Gasteiger partial charge in [0.25, 0.3) is 0 Å². The lowest BCUT2D eigenvalue weighted by atomic mass is 9.65. The smallest absolute Gasteiger partial charge is 0.308 e. The highest BCUT2D eigenvalue weighted by molar-refractivity contribution is 5.96. The fourth-order valence-electron chi connectivity index (χ4n) is 6.88. The molecule has 1 saturated carbocycles. The van der Waals surface area contributed by atoms with Crippen molar-refractivity contribution in [2.75, 3.05) is 7.11 Å². The summed E-state index contributed by atoms with van der Waals surface area (Å²) in [6, 6.07) is 8.46. The largest absolute Gasteiger partial charge is 0.469 e.